The Hall–Kier alpha value is 0.220. The van der Waals surface area contributed by atoms with Crippen molar-refractivity contribution in [3.8, 4) is 0 Å². The minimum Gasteiger partial charge on any atom is -0.246 e. The normalized spacial score (nSPS) is 10.8. The van der Waals surface area contributed by atoms with Crippen LogP contribution in [0.15, 0.2) is 10.5 Å². The van der Waals surface area contributed by atoms with E-state index in [1.54, 1.807) is 6.92 Å². The molecule has 1 nitrogen and oxygen atoms in total. The molecule has 1 rings (SSSR count). The summed E-state index contributed by atoms with van der Waals surface area (Å²) in [6.45, 7) is 1.69. The molecule has 0 aliphatic heterocycles. The molecule has 1 heterocycles. The SMILES string of the molecule is Cc1nc(I)cc(C(F)F)c1Br. The molecule has 0 aliphatic rings. The van der Waals surface area contributed by atoms with Crippen LogP contribution >= 0.6 is 38.5 Å². The number of hydrogen-bond acceptors (Lipinski definition) is 1. The molecule has 0 saturated carbocycles. The molecule has 0 spiro atoms. The van der Waals surface area contributed by atoms with E-state index in [9.17, 15) is 8.78 Å². The van der Waals surface area contributed by atoms with Crippen molar-refractivity contribution in [1.29, 1.82) is 0 Å². The average Bonchev–Trinajstić information content (AvgIpc) is 1.96. The lowest BCUT2D eigenvalue weighted by molar-refractivity contribution is 0.150. The van der Waals surface area contributed by atoms with E-state index < -0.39 is 6.43 Å². The second kappa shape index (κ2) is 3.95. The van der Waals surface area contributed by atoms with E-state index in [1.807, 2.05) is 22.6 Å². The molecule has 0 aromatic carbocycles. The maximum Gasteiger partial charge on any atom is 0.265 e. The zero-order chi connectivity index (χ0) is 9.30. The molecule has 0 saturated heterocycles. The quantitative estimate of drug-likeness (QED) is 0.557. The van der Waals surface area contributed by atoms with E-state index in [1.165, 1.54) is 6.07 Å². The summed E-state index contributed by atoms with van der Waals surface area (Å²) in [5, 5.41) is 0. The summed E-state index contributed by atoms with van der Waals surface area (Å²) in [6.07, 6.45) is -2.45. The Bertz CT molecular complexity index is 304. The van der Waals surface area contributed by atoms with Gasteiger partial charge in [0.2, 0.25) is 0 Å². The van der Waals surface area contributed by atoms with Crippen molar-refractivity contribution in [3.63, 3.8) is 0 Å². The number of alkyl halides is 2. The van der Waals surface area contributed by atoms with Crippen LogP contribution < -0.4 is 0 Å². The second-order valence-corrected chi connectivity index (χ2v) is 4.13. The van der Waals surface area contributed by atoms with Crippen LogP contribution in [0.2, 0.25) is 0 Å². The number of nitrogens with zero attached hydrogens (tertiary/aromatic N) is 1. The monoisotopic (exact) mass is 347 g/mol. The van der Waals surface area contributed by atoms with Gasteiger partial charge in [-0.3, -0.25) is 0 Å². The highest BCUT2D eigenvalue weighted by atomic mass is 127. The minimum absolute atomic E-state index is 0.00639. The zero-order valence-corrected chi connectivity index (χ0v) is 9.86. The Morgan fingerprint density at radius 1 is 1.58 bits per heavy atom. The summed E-state index contributed by atoms with van der Waals surface area (Å²) in [7, 11) is 0. The first kappa shape index (κ1) is 10.3. The molecule has 0 fully saturated rings. The lowest BCUT2D eigenvalue weighted by Crippen LogP contribution is -1.94. The van der Waals surface area contributed by atoms with Gasteiger partial charge in [0.1, 0.15) is 3.70 Å². The zero-order valence-electron chi connectivity index (χ0n) is 6.11. The topological polar surface area (TPSA) is 12.9 Å². The van der Waals surface area contributed by atoms with E-state index in [2.05, 4.69) is 20.9 Å². The van der Waals surface area contributed by atoms with Crippen molar-refractivity contribution in [2.24, 2.45) is 0 Å². The predicted molar refractivity (Wildman–Crippen MR) is 54.3 cm³/mol. The maximum absolute atomic E-state index is 12.3. The van der Waals surface area contributed by atoms with Crippen molar-refractivity contribution in [1.82, 2.24) is 4.98 Å². The minimum atomic E-state index is -2.45. The second-order valence-electron chi connectivity index (χ2n) is 2.23. The molecule has 0 N–H and O–H groups in total. The predicted octanol–water partition coefficient (Wildman–Crippen LogP) is 3.69. The third-order valence-electron chi connectivity index (χ3n) is 1.36. The largest absolute Gasteiger partial charge is 0.265 e. The third-order valence-corrected chi connectivity index (χ3v) is 2.94. The van der Waals surface area contributed by atoms with Crippen molar-refractivity contribution >= 4 is 38.5 Å². The van der Waals surface area contributed by atoms with Gasteiger partial charge in [-0.15, -0.1) is 0 Å². The molecule has 0 aliphatic carbocycles. The summed E-state index contributed by atoms with van der Waals surface area (Å²) in [5.41, 5.74) is 0.601. The molecular weight excluding hydrogens is 343 g/mol. The Morgan fingerprint density at radius 3 is 2.67 bits per heavy atom. The fourth-order valence-corrected chi connectivity index (χ4v) is 1.87. The first-order valence-electron chi connectivity index (χ1n) is 3.13. The van der Waals surface area contributed by atoms with Crippen molar-refractivity contribution < 1.29 is 8.78 Å². The van der Waals surface area contributed by atoms with Gasteiger partial charge in [-0.25, -0.2) is 13.8 Å². The van der Waals surface area contributed by atoms with E-state index in [0.29, 0.717) is 13.9 Å². The number of rotatable bonds is 1. The molecule has 0 amide bonds. The molecule has 0 radical (unpaired) electrons. The summed E-state index contributed by atoms with van der Waals surface area (Å²) >= 11 is 4.98. The van der Waals surface area contributed by atoms with Gasteiger partial charge in [-0.2, -0.15) is 0 Å². The molecule has 0 bridgehead atoms. The first-order valence-corrected chi connectivity index (χ1v) is 5.00. The Balaban J connectivity index is 3.28. The fourth-order valence-electron chi connectivity index (χ4n) is 0.801. The van der Waals surface area contributed by atoms with E-state index >= 15 is 0 Å². The van der Waals surface area contributed by atoms with Gasteiger partial charge in [-0.1, -0.05) is 0 Å². The van der Waals surface area contributed by atoms with Gasteiger partial charge in [-0.05, 0) is 51.5 Å². The van der Waals surface area contributed by atoms with Crippen LogP contribution in [-0.2, 0) is 0 Å². The first-order chi connectivity index (χ1) is 5.52. The van der Waals surface area contributed by atoms with Gasteiger partial charge < -0.3 is 0 Å². The van der Waals surface area contributed by atoms with Gasteiger partial charge >= 0.3 is 0 Å². The fraction of sp³-hybridized carbons (Fsp3) is 0.286. The van der Waals surface area contributed by atoms with Gasteiger partial charge in [0.15, 0.2) is 0 Å². The summed E-state index contributed by atoms with van der Waals surface area (Å²) < 4.78 is 25.6. The van der Waals surface area contributed by atoms with Crippen LogP contribution in [0.5, 0.6) is 0 Å². The van der Waals surface area contributed by atoms with Gasteiger partial charge in [0.25, 0.3) is 6.43 Å². The highest BCUT2D eigenvalue weighted by Crippen LogP contribution is 2.29. The standard InChI is InChI=1S/C7H5BrF2IN/c1-3-6(8)4(7(9)10)2-5(11)12-3/h2,7H,1H3. The summed E-state index contributed by atoms with van der Waals surface area (Å²) in [4.78, 5) is 4.02. The van der Waals surface area contributed by atoms with Crippen LogP contribution in [-0.4, -0.2) is 4.98 Å². The smallest absolute Gasteiger partial charge is 0.246 e. The van der Waals surface area contributed by atoms with Crippen molar-refractivity contribution in [2.75, 3.05) is 0 Å². The average molecular weight is 348 g/mol. The van der Waals surface area contributed by atoms with Crippen LogP contribution in [0.25, 0.3) is 0 Å². The number of hydrogen-bond donors (Lipinski definition) is 0. The van der Waals surface area contributed by atoms with Crippen LogP contribution in [0.1, 0.15) is 17.7 Å². The third kappa shape index (κ3) is 2.12. The lowest BCUT2D eigenvalue weighted by Gasteiger charge is -2.05. The molecule has 0 atom stereocenters. The maximum atomic E-state index is 12.3. The Kier molecular flexibility index (Phi) is 3.39. The number of halogens is 4. The number of aromatic nitrogens is 1. The number of pyridine rings is 1. The molecule has 12 heavy (non-hydrogen) atoms. The molecular formula is C7H5BrF2IN. The van der Waals surface area contributed by atoms with E-state index in [4.69, 9.17) is 0 Å². The highest BCUT2D eigenvalue weighted by molar-refractivity contribution is 14.1. The van der Waals surface area contributed by atoms with Crippen LogP contribution in [0.4, 0.5) is 8.78 Å². The van der Waals surface area contributed by atoms with E-state index in [0.717, 1.165) is 0 Å². The van der Waals surface area contributed by atoms with Crippen LogP contribution in [0.3, 0.4) is 0 Å². The van der Waals surface area contributed by atoms with Gasteiger partial charge in [0, 0.05) is 10.0 Å². The van der Waals surface area contributed by atoms with Gasteiger partial charge in [0.05, 0.1) is 5.69 Å². The lowest BCUT2D eigenvalue weighted by atomic mass is 10.2. The van der Waals surface area contributed by atoms with Crippen LogP contribution in [0, 0.1) is 10.6 Å². The molecule has 1 aromatic rings. The molecule has 0 unspecified atom stereocenters. The van der Waals surface area contributed by atoms with Crippen molar-refractivity contribution in [2.45, 2.75) is 13.3 Å². The molecule has 1 aromatic heterocycles. The Morgan fingerprint density at radius 2 is 2.17 bits per heavy atom. The summed E-state index contributed by atoms with van der Waals surface area (Å²) in [5.74, 6) is 0. The van der Waals surface area contributed by atoms with E-state index in [-0.39, 0.29) is 5.56 Å². The summed E-state index contributed by atoms with van der Waals surface area (Å²) in [6, 6.07) is 1.38. The number of aryl methyl sites for hydroxylation is 1. The molecule has 66 valence electrons. The highest BCUT2D eigenvalue weighted by Gasteiger charge is 2.14. The van der Waals surface area contributed by atoms with Crippen molar-refractivity contribution in [3.05, 3.63) is 25.5 Å². The Labute approximate surface area is 90.8 Å². The molecule has 5 heteroatoms.